The summed E-state index contributed by atoms with van der Waals surface area (Å²) in [7, 11) is 0. The normalized spacial score (nSPS) is 13.9. The van der Waals surface area contributed by atoms with Crippen LogP contribution in [-0.2, 0) is 4.79 Å². The van der Waals surface area contributed by atoms with Gasteiger partial charge in [-0.3, -0.25) is 14.4 Å². The summed E-state index contributed by atoms with van der Waals surface area (Å²) in [5.74, 6) is -2.76. The Kier molecular flexibility index (Phi) is 8.31. The van der Waals surface area contributed by atoms with Gasteiger partial charge in [0.1, 0.15) is 12.4 Å². The van der Waals surface area contributed by atoms with E-state index in [0.29, 0.717) is 11.3 Å². The molecule has 35 heavy (non-hydrogen) atoms. The van der Waals surface area contributed by atoms with Gasteiger partial charge in [0.05, 0.1) is 17.8 Å². The van der Waals surface area contributed by atoms with Crippen molar-refractivity contribution in [3.63, 3.8) is 0 Å². The fourth-order valence-electron chi connectivity index (χ4n) is 3.77. The molecule has 0 spiro atoms. The van der Waals surface area contributed by atoms with E-state index in [4.69, 9.17) is 0 Å². The smallest absolute Gasteiger partial charge is 0.376 e. The van der Waals surface area contributed by atoms with E-state index in [9.17, 15) is 31.9 Å². The molecule has 1 aliphatic carbocycles. The predicted molar refractivity (Wildman–Crippen MR) is 123 cm³/mol. The largest absolute Gasteiger partial charge is 0.405 e. The van der Waals surface area contributed by atoms with E-state index in [1.54, 1.807) is 29.6 Å². The Morgan fingerprint density at radius 3 is 2.37 bits per heavy atom. The van der Waals surface area contributed by atoms with Gasteiger partial charge in [0.25, 0.3) is 11.8 Å². The van der Waals surface area contributed by atoms with Crippen LogP contribution in [0.2, 0.25) is 0 Å². The number of benzene rings is 2. The lowest BCUT2D eigenvalue weighted by molar-refractivity contribution is -0.123. The number of rotatable bonds is 8. The van der Waals surface area contributed by atoms with Crippen molar-refractivity contribution < 1.29 is 31.9 Å². The molecule has 0 aliphatic heterocycles. The summed E-state index contributed by atoms with van der Waals surface area (Å²) in [5, 5.41) is 9.97. The van der Waals surface area contributed by atoms with Gasteiger partial charge in [-0.05, 0) is 44.0 Å². The number of para-hydroxylation sites is 1. The maximum Gasteiger partial charge on any atom is 0.405 e. The van der Waals surface area contributed by atoms with Crippen LogP contribution in [0, 0.1) is 12.7 Å². The van der Waals surface area contributed by atoms with Crippen LogP contribution in [0.1, 0.15) is 52.0 Å². The van der Waals surface area contributed by atoms with E-state index < -0.39 is 30.4 Å². The van der Waals surface area contributed by atoms with E-state index in [-0.39, 0.29) is 35.3 Å². The molecule has 3 rings (SSSR count). The third kappa shape index (κ3) is 7.43. The number of carbonyl (C=O) groups excluding carboxylic acids is 3. The molecule has 4 N–H and O–H groups in total. The van der Waals surface area contributed by atoms with E-state index in [2.05, 4.69) is 16.0 Å². The van der Waals surface area contributed by atoms with Crippen molar-refractivity contribution in [1.82, 2.24) is 10.6 Å². The molecule has 188 valence electrons. The lowest BCUT2D eigenvalue weighted by Gasteiger charge is -2.16. The number of hydrogen-bond acceptors (Lipinski definition) is 4. The van der Waals surface area contributed by atoms with Crippen LogP contribution < -0.4 is 21.3 Å². The number of halogens is 4. The third-order valence-corrected chi connectivity index (χ3v) is 5.63. The summed E-state index contributed by atoms with van der Waals surface area (Å²) in [6.45, 7) is -0.498. The van der Waals surface area contributed by atoms with Crippen LogP contribution in [0.25, 0.3) is 0 Å². The van der Waals surface area contributed by atoms with Crippen LogP contribution in [0.3, 0.4) is 0 Å². The molecule has 11 heteroatoms. The Morgan fingerprint density at radius 1 is 1.00 bits per heavy atom. The predicted octanol–water partition coefficient (Wildman–Crippen LogP) is 4.15. The summed E-state index contributed by atoms with van der Waals surface area (Å²) in [6, 6.07) is 8.61. The summed E-state index contributed by atoms with van der Waals surface area (Å²) in [4.78, 5) is 37.2. The molecule has 0 radical (unpaired) electrons. The lowest BCUT2D eigenvalue weighted by atomic mass is 10.1. The molecule has 0 bridgehead atoms. The number of nitrogens with one attached hydrogen (secondary N) is 4. The first-order chi connectivity index (χ1) is 16.5. The van der Waals surface area contributed by atoms with Crippen molar-refractivity contribution >= 4 is 29.1 Å². The molecule has 7 nitrogen and oxygen atoms in total. The number of carbonyl (C=O) groups is 3. The van der Waals surface area contributed by atoms with Gasteiger partial charge in [0, 0.05) is 22.9 Å². The second-order valence-corrected chi connectivity index (χ2v) is 8.33. The van der Waals surface area contributed by atoms with Crippen LogP contribution in [0.4, 0.5) is 28.9 Å². The first kappa shape index (κ1) is 26.0. The molecule has 0 saturated heterocycles. The van der Waals surface area contributed by atoms with E-state index in [1.807, 2.05) is 0 Å². The molecule has 0 unspecified atom stereocenters. The van der Waals surface area contributed by atoms with Gasteiger partial charge >= 0.3 is 6.18 Å². The van der Waals surface area contributed by atoms with Crippen LogP contribution in [-0.4, -0.2) is 43.0 Å². The molecule has 1 fully saturated rings. The van der Waals surface area contributed by atoms with Crippen molar-refractivity contribution in [2.75, 3.05) is 23.7 Å². The number of anilines is 2. The van der Waals surface area contributed by atoms with E-state index in [0.717, 1.165) is 31.7 Å². The molecule has 0 aromatic heterocycles. The standard InChI is InChI=1S/C24H26F4N4O3/c1-14-18(25)10-15(22(34)30-13-24(26,27)28)11-20(14)29-12-21(33)32-19-9-5-4-8-17(19)23(35)31-16-6-2-3-7-16/h4-5,8-11,16,29H,2-3,6-7,12-13H2,1H3,(H,30,34)(H,31,35)(H,32,33). The Labute approximate surface area is 199 Å². The Morgan fingerprint density at radius 2 is 1.69 bits per heavy atom. The minimum absolute atomic E-state index is 0.0737. The molecule has 2 aromatic carbocycles. The average Bonchev–Trinajstić information content (AvgIpc) is 3.31. The van der Waals surface area contributed by atoms with Crippen LogP contribution >= 0.6 is 0 Å². The van der Waals surface area contributed by atoms with Crippen molar-refractivity contribution in [3.8, 4) is 0 Å². The minimum Gasteiger partial charge on any atom is -0.376 e. The molecule has 1 saturated carbocycles. The fraction of sp³-hybridized carbons (Fsp3) is 0.375. The summed E-state index contributed by atoms with van der Waals surface area (Å²) < 4.78 is 51.3. The lowest BCUT2D eigenvalue weighted by Crippen LogP contribution is -2.34. The van der Waals surface area contributed by atoms with Gasteiger partial charge in [-0.15, -0.1) is 0 Å². The van der Waals surface area contributed by atoms with Crippen LogP contribution in [0.15, 0.2) is 36.4 Å². The quantitative estimate of drug-likeness (QED) is 0.415. The molecule has 0 atom stereocenters. The van der Waals surface area contributed by atoms with E-state index in [1.165, 1.54) is 13.0 Å². The highest BCUT2D eigenvalue weighted by atomic mass is 19.4. The molecule has 1 aliphatic rings. The van der Waals surface area contributed by atoms with Crippen molar-refractivity contribution in [2.24, 2.45) is 0 Å². The highest BCUT2D eigenvalue weighted by molar-refractivity contribution is 6.04. The van der Waals surface area contributed by atoms with Gasteiger partial charge in [-0.2, -0.15) is 13.2 Å². The Bertz CT molecular complexity index is 1100. The highest BCUT2D eigenvalue weighted by Crippen LogP contribution is 2.22. The van der Waals surface area contributed by atoms with Crippen molar-refractivity contribution in [3.05, 3.63) is 58.9 Å². The monoisotopic (exact) mass is 494 g/mol. The fourth-order valence-corrected chi connectivity index (χ4v) is 3.77. The van der Waals surface area contributed by atoms with Gasteiger partial charge in [0.2, 0.25) is 5.91 Å². The molecular weight excluding hydrogens is 468 g/mol. The Balaban J connectivity index is 1.64. The molecule has 3 amide bonds. The first-order valence-electron chi connectivity index (χ1n) is 11.1. The van der Waals surface area contributed by atoms with Gasteiger partial charge in [-0.25, -0.2) is 4.39 Å². The number of amides is 3. The zero-order valence-corrected chi connectivity index (χ0v) is 19.0. The second kappa shape index (κ2) is 11.2. The second-order valence-electron chi connectivity index (χ2n) is 8.33. The van der Waals surface area contributed by atoms with Gasteiger partial charge < -0.3 is 21.3 Å². The van der Waals surface area contributed by atoms with Crippen LogP contribution in [0.5, 0.6) is 0 Å². The SMILES string of the molecule is Cc1c(F)cc(C(=O)NCC(F)(F)F)cc1NCC(=O)Nc1ccccc1C(=O)NC1CCCC1. The highest BCUT2D eigenvalue weighted by Gasteiger charge is 2.28. The topological polar surface area (TPSA) is 99.3 Å². The van der Waals surface area contributed by atoms with E-state index >= 15 is 0 Å². The van der Waals surface area contributed by atoms with Crippen molar-refractivity contribution in [1.29, 1.82) is 0 Å². The molecular formula is C24H26F4N4O3. The number of alkyl halides is 3. The number of hydrogen-bond donors (Lipinski definition) is 4. The maximum absolute atomic E-state index is 14.3. The summed E-state index contributed by atoms with van der Waals surface area (Å²) in [5.41, 5.74) is 0.441. The van der Waals surface area contributed by atoms with Crippen molar-refractivity contribution in [2.45, 2.75) is 44.8 Å². The summed E-state index contributed by atoms with van der Waals surface area (Å²) >= 11 is 0. The molecule has 0 heterocycles. The van der Waals surface area contributed by atoms with Gasteiger partial charge in [-0.1, -0.05) is 25.0 Å². The first-order valence-corrected chi connectivity index (χ1v) is 11.1. The molecule has 2 aromatic rings. The average molecular weight is 494 g/mol. The summed E-state index contributed by atoms with van der Waals surface area (Å²) in [6.07, 6.45) is -0.677. The maximum atomic E-state index is 14.3. The minimum atomic E-state index is -4.61. The zero-order valence-electron chi connectivity index (χ0n) is 19.0. The zero-order chi connectivity index (χ0) is 25.6. The Hall–Kier alpha value is -3.63. The van der Waals surface area contributed by atoms with Gasteiger partial charge in [0.15, 0.2) is 0 Å². The third-order valence-electron chi connectivity index (χ3n) is 5.63.